The van der Waals surface area contributed by atoms with Crippen molar-refractivity contribution in [1.82, 2.24) is 4.72 Å². The van der Waals surface area contributed by atoms with E-state index in [1.165, 1.54) is 17.8 Å². The van der Waals surface area contributed by atoms with Gasteiger partial charge >= 0.3 is 0 Å². The van der Waals surface area contributed by atoms with Gasteiger partial charge in [0, 0.05) is 22.7 Å². The average Bonchev–Trinajstić information content (AvgIpc) is 2.80. The molecule has 114 valence electrons. The van der Waals surface area contributed by atoms with Gasteiger partial charge in [-0.3, -0.25) is 0 Å². The van der Waals surface area contributed by atoms with Crippen molar-refractivity contribution in [3.8, 4) is 0 Å². The summed E-state index contributed by atoms with van der Waals surface area (Å²) in [6.45, 7) is 2.10. The number of thiophene rings is 1. The molecular formula is C13H22N2O2S3. The minimum atomic E-state index is -3.45. The number of sulfonamides is 1. The molecule has 1 saturated carbocycles. The second kappa shape index (κ2) is 6.79. The van der Waals surface area contributed by atoms with E-state index in [0.717, 1.165) is 29.7 Å². The van der Waals surface area contributed by atoms with E-state index in [2.05, 4.69) is 11.0 Å². The van der Waals surface area contributed by atoms with Gasteiger partial charge in [0.1, 0.15) is 4.90 Å². The maximum absolute atomic E-state index is 12.6. The summed E-state index contributed by atoms with van der Waals surface area (Å²) in [7, 11) is -3.45. The van der Waals surface area contributed by atoms with Crippen LogP contribution in [0.4, 0.5) is 0 Å². The molecule has 0 bridgehead atoms. The van der Waals surface area contributed by atoms with Crippen LogP contribution in [-0.4, -0.2) is 26.0 Å². The lowest BCUT2D eigenvalue weighted by molar-refractivity contribution is 0.420. The van der Waals surface area contributed by atoms with Gasteiger partial charge in [0.05, 0.1) is 0 Å². The van der Waals surface area contributed by atoms with Gasteiger partial charge in [-0.2, -0.15) is 11.8 Å². The summed E-state index contributed by atoms with van der Waals surface area (Å²) in [6.07, 6.45) is 6.21. The number of nitrogens with one attached hydrogen (secondary N) is 1. The second-order valence-corrected chi connectivity index (χ2v) is 8.97. The number of rotatable bonds is 5. The van der Waals surface area contributed by atoms with Gasteiger partial charge in [-0.1, -0.05) is 6.42 Å². The zero-order valence-corrected chi connectivity index (χ0v) is 14.3. The van der Waals surface area contributed by atoms with E-state index in [0.29, 0.717) is 10.1 Å². The van der Waals surface area contributed by atoms with Crippen molar-refractivity contribution in [2.24, 2.45) is 5.73 Å². The summed E-state index contributed by atoms with van der Waals surface area (Å²) in [5, 5.41) is 2.43. The Morgan fingerprint density at radius 1 is 1.50 bits per heavy atom. The predicted octanol–water partition coefficient (Wildman–Crippen LogP) is 2.47. The summed E-state index contributed by atoms with van der Waals surface area (Å²) in [5.41, 5.74) is 6.44. The van der Waals surface area contributed by atoms with Gasteiger partial charge in [0.2, 0.25) is 10.0 Å². The molecule has 0 aliphatic heterocycles. The van der Waals surface area contributed by atoms with Crippen LogP contribution in [0.1, 0.15) is 36.1 Å². The lowest BCUT2D eigenvalue weighted by Gasteiger charge is -2.28. The molecule has 1 aliphatic rings. The van der Waals surface area contributed by atoms with E-state index in [1.54, 1.807) is 0 Å². The summed E-state index contributed by atoms with van der Waals surface area (Å²) >= 11 is 3.25. The van der Waals surface area contributed by atoms with Crippen molar-refractivity contribution in [3.63, 3.8) is 0 Å². The Labute approximate surface area is 129 Å². The molecule has 7 heteroatoms. The molecular weight excluding hydrogens is 312 g/mol. The molecule has 1 heterocycles. The molecule has 1 fully saturated rings. The van der Waals surface area contributed by atoms with Crippen LogP contribution >= 0.6 is 23.1 Å². The summed E-state index contributed by atoms with van der Waals surface area (Å²) < 4.78 is 28.1. The van der Waals surface area contributed by atoms with Crippen LogP contribution in [0.3, 0.4) is 0 Å². The van der Waals surface area contributed by atoms with Crippen LogP contribution in [0.2, 0.25) is 0 Å². The summed E-state index contributed by atoms with van der Waals surface area (Å²) in [6, 6.07) is 0.0520. The van der Waals surface area contributed by atoms with Crippen LogP contribution in [0.25, 0.3) is 0 Å². The van der Waals surface area contributed by atoms with E-state index in [-0.39, 0.29) is 12.6 Å². The fraction of sp³-hybridized carbons (Fsp3) is 0.692. The largest absolute Gasteiger partial charge is 0.326 e. The zero-order chi connectivity index (χ0) is 14.8. The van der Waals surface area contributed by atoms with Crippen molar-refractivity contribution in [3.05, 3.63) is 15.8 Å². The first kappa shape index (κ1) is 16.3. The first-order valence-corrected chi connectivity index (χ1v) is 10.4. The molecule has 0 spiro atoms. The van der Waals surface area contributed by atoms with Crippen molar-refractivity contribution in [2.45, 2.75) is 55.3 Å². The SMILES string of the molecule is CSC1CCCC(NS(=O)(=O)c2c(C)csc2CN)C1. The van der Waals surface area contributed by atoms with Gasteiger partial charge < -0.3 is 5.73 Å². The molecule has 4 nitrogen and oxygen atoms in total. The van der Waals surface area contributed by atoms with E-state index >= 15 is 0 Å². The van der Waals surface area contributed by atoms with Crippen LogP contribution in [0.5, 0.6) is 0 Å². The summed E-state index contributed by atoms with van der Waals surface area (Å²) in [4.78, 5) is 1.14. The molecule has 1 aliphatic carbocycles. The molecule has 3 N–H and O–H groups in total. The highest BCUT2D eigenvalue weighted by atomic mass is 32.2. The Morgan fingerprint density at radius 2 is 2.25 bits per heavy atom. The number of aryl methyl sites for hydroxylation is 1. The number of hydrogen-bond donors (Lipinski definition) is 2. The lowest BCUT2D eigenvalue weighted by atomic mass is 9.96. The number of nitrogens with two attached hydrogens (primary N) is 1. The average molecular weight is 335 g/mol. The molecule has 0 radical (unpaired) electrons. The van der Waals surface area contributed by atoms with E-state index < -0.39 is 10.0 Å². The highest BCUT2D eigenvalue weighted by molar-refractivity contribution is 7.99. The monoisotopic (exact) mass is 334 g/mol. The van der Waals surface area contributed by atoms with E-state index in [9.17, 15) is 8.42 Å². The van der Waals surface area contributed by atoms with Crippen LogP contribution in [0.15, 0.2) is 10.3 Å². The van der Waals surface area contributed by atoms with E-state index in [4.69, 9.17) is 5.73 Å². The Kier molecular flexibility index (Phi) is 5.53. The Balaban J connectivity index is 2.16. The van der Waals surface area contributed by atoms with Crippen molar-refractivity contribution in [2.75, 3.05) is 6.26 Å². The third-order valence-electron chi connectivity index (χ3n) is 3.72. The molecule has 1 aromatic heterocycles. The van der Waals surface area contributed by atoms with E-state index in [1.807, 2.05) is 24.1 Å². The first-order valence-electron chi connectivity index (χ1n) is 6.80. The summed E-state index contributed by atoms with van der Waals surface area (Å²) in [5.74, 6) is 0. The van der Waals surface area contributed by atoms with Gasteiger partial charge in [0.15, 0.2) is 0 Å². The number of hydrogen-bond acceptors (Lipinski definition) is 5. The molecule has 2 unspecified atom stereocenters. The number of thioether (sulfide) groups is 1. The first-order chi connectivity index (χ1) is 9.47. The van der Waals surface area contributed by atoms with Crippen LogP contribution < -0.4 is 10.5 Å². The Hall–Kier alpha value is -0.0800. The van der Waals surface area contributed by atoms with Gasteiger partial charge in [0.25, 0.3) is 0 Å². The predicted molar refractivity (Wildman–Crippen MR) is 86.8 cm³/mol. The maximum atomic E-state index is 12.6. The van der Waals surface area contributed by atoms with Crippen LogP contribution in [-0.2, 0) is 16.6 Å². The van der Waals surface area contributed by atoms with Gasteiger partial charge in [-0.15, -0.1) is 11.3 Å². The molecule has 1 aromatic rings. The smallest absolute Gasteiger partial charge is 0.242 e. The molecule has 0 amide bonds. The quantitative estimate of drug-likeness (QED) is 0.867. The fourth-order valence-corrected chi connectivity index (χ4v) is 6.55. The van der Waals surface area contributed by atoms with Crippen LogP contribution in [0, 0.1) is 6.92 Å². The molecule has 20 heavy (non-hydrogen) atoms. The van der Waals surface area contributed by atoms with Gasteiger partial charge in [-0.05, 0) is 43.4 Å². The Morgan fingerprint density at radius 3 is 2.90 bits per heavy atom. The van der Waals surface area contributed by atoms with Crippen molar-refractivity contribution < 1.29 is 8.42 Å². The Bertz CT molecular complexity index is 554. The zero-order valence-electron chi connectivity index (χ0n) is 11.9. The fourth-order valence-electron chi connectivity index (χ4n) is 2.73. The maximum Gasteiger partial charge on any atom is 0.242 e. The topological polar surface area (TPSA) is 72.2 Å². The second-order valence-electron chi connectivity index (χ2n) is 5.22. The minimum absolute atomic E-state index is 0.0520. The van der Waals surface area contributed by atoms with Crippen molar-refractivity contribution in [1.29, 1.82) is 0 Å². The molecule has 2 rings (SSSR count). The third kappa shape index (κ3) is 3.57. The molecule has 2 atom stereocenters. The standard InChI is InChI=1S/C13H22N2O2S3/c1-9-8-19-12(7-14)13(9)20(16,17)15-10-4-3-5-11(6-10)18-2/h8,10-11,15H,3-7,14H2,1-2H3. The normalized spacial score (nSPS) is 23.9. The highest BCUT2D eigenvalue weighted by Gasteiger charge is 2.28. The van der Waals surface area contributed by atoms with Crippen molar-refractivity contribution >= 4 is 33.1 Å². The third-order valence-corrected chi connectivity index (χ3v) is 7.82. The molecule has 0 aromatic carbocycles. The minimum Gasteiger partial charge on any atom is -0.326 e. The van der Waals surface area contributed by atoms with Gasteiger partial charge in [-0.25, -0.2) is 13.1 Å². The lowest BCUT2D eigenvalue weighted by Crippen LogP contribution is -2.39. The molecule has 0 saturated heterocycles. The highest BCUT2D eigenvalue weighted by Crippen LogP contribution is 2.30.